The Balaban J connectivity index is 1.90. The maximum atomic E-state index is 12.9. The fourth-order valence-corrected chi connectivity index (χ4v) is 3.39. The van der Waals surface area contributed by atoms with Crippen molar-refractivity contribution in [2.24, 2.45) is 0 Å². The number of unbranched alkanes of at least 4 members (excludes halogenated alkanes) is 7. The summed E-state index contributed by atoms with van der Waals surface area (Å²) in [5.74, 6) is 0.324. The fourth-order valence-electron chi connectivity index (χ4n) is 3.39. The van der Waals surface area contributed by atoms with Gasteiger partial charge < -0.3 is 14.8 Å². The van der Waals surface area contributed by atoms with Crippen LogP contribution in [0.4, 0.5) is 0 Å². The molecule has 1 aliphatic carbocycles. The Hall–Kier alpha value is -2.30. The predicted octanol–water partition coefficient (Wildman–Crippen LogP) is 4.70. The zero-order chi connectivity index (χ0) is 19.6. The van der Waals surface area contributed by atoms with Crippen LogP contribution in [0.15, 0.2) is 23.9 Å². The van der Waals surface area contributed by atoms with Crippen LogP contribution in [0, 0.1) is 0 Å². The molecule has 1 aromatic rings. The average Bonchev–Trinajstić information content (AvgIpc) is 2.69. The van der Waals surface area contributed by atoms with Crippen molar-refractivity contribution in [2.45, 2.75) is 58.3 Å². The monoisotopic (exact) mass is 373 g/mol. The lowest BCUT2D eigenvalue weighted by Gasteiger charge is -2.20. The molecular formula is C22H31NO4. The summed E-state index contributed by atoms with van der Waals surface area (Å²) in [7, 11) is 2.98. The molecule has 0 aliphatic heterocycles. The van der Waals surface area contributed by atoms with E-state index in [0.717, 1.165) is 12.8 Å². The third-order valence-corrected chi connectivity index (χ3v) is 4.91. The molecule has 1 aromatic carbocycles. The average molecular weight is 373 g/mol. The molecule has 1 aliphatic rings. The van der Waals surface area contributed by atoms with Gasteiger partial charge in [-0.1, -0.05) is 51.9 Å². The van der Waals surface area contributed by atoms with Gasteiger partial charge in [-0.3, -0.25) is 9.59 Å². The molecule has 0 heterocycles. The first kappa shape index (κ1) is 21.0. The van der Waals surface area contributed by atoms with Crippen LogP contribution in [0.25, 0.3) is 0 Å². The van der Waals surface area contributed by atoms with Gasteiger partial charge in [-0.25, -0.2) is 0 Å². The van der Waals surface area contributed by atoms with Crippen molar-refractivity contribution in [3.63, 3.8) is 0 Å². The first-order valence-corrected chi connectivity index (χ1v) is 9.93. The summed E-state index contributed by atoms with van der Waals surface area (Å²) in [4.78, 5) is 25.4. The van der Waals surface area contributed by atoms with Crippen LogP contribution in [-0.4, -0.2) is 32.3 Å². The summed E-state index contributed by atoms with van der Waals surface area (Å²) in [6, 6.07) is 3.31. The second-order valence-electron chi connectivity index (χ2n) is 6.87. The van der Waals surface area contributed by atoms with Gasteiger partial charge in [-0.05, 0) is 18.6 Å². The van der Waals surface area contributed by atoms with Crippen molar-refractivity contribution in [1.82, 2.24) is 5.32 Å². The molecule has 0 atom stereocenters. The summed E-state index contributed by atoms with van der Waals surface area (Å²) < 4.78 is 10.5. The van der Waals surface area contributed by atoms with E-state index in [9.17, 15) is 9.59 Å². The lowest BCUT2D eigenvalue weighted by atomic mass is 9.90. The number of benzene rings is 1. The lowest BCUT2D eigenvalue weighted by molar-refractivity contribution is 0.0973. The second-order valence-corrected chi connectivity index (χ2v) is 6.87. The number of Topliss-reactive ketones (excluding diaryl/α,β-unsaturated/α-hetero) is 1. The molecule has 148 valence electrons. The van der Waals surface area contributed by atoms with Crippen LogP contribution >= 0.6 is 0 Å². The van der Waals surface area contributed by atoms with Crippen LogP contribution in [0.3, 0.4) is 0 Å². The van der Waals surface area contributed by atoms with E-state index in [1.165, 1.54) is 58.8 Å². The maximum Gasteiger partial charge on any atom is 0.213 e. The number of ether oxygens (including phenoxy) is 2. The van der Waals surface area contributed by atoms with E-state index >= 15 is 0 Å². The van der Waals surface area contributed by atoms with E-state index < -0.39 is 0 Å². The van der Waals surface area contributed by atoms with Crippen molar-refractivity contribution in [1.29, 1.82) is 0 Å². The van der Waals surface area contributed by atoms with Crippen LogP contribution in [0.2, 0.25) is 0 Å². The third kappa shape index (κ3) is 5.34. The highest BCUT2D eigenvalue weighted by molar-refractivity contribution is 6.26. The molecule has 0 amide bonds. The largest absolute Gasteiger partial charge is 0.496 e. The molecule has 2 rings (SSSR count). The van der Waals surface area contributed by atoms with Gasteiger partial charge in [-0.15, -0.1) is 0 Å². The number of fused-ring (bicyclic) bond motifs is 1. The molecule has 0 saturated heterocycles. The quantitative estimate of drug-likeness (QED) is 0.538. The highest BCUT2D eigenvalue weighted by atomic mass is 16.5. The van der Waals surface area contributed by atoms with E-state index in [1.807, 2.05) is 0 Å². The highest BCUT2D eigenvalue weighted by Crippen LogP contribution is 2.35. The van der Waals surface area contributed by atoms with Gasteiger partial charge in [0.1, 0.15) is 11.5 Å². The van der Waals surface area contributed by atoms with Crippen LogP contribution < -0.4 is 14.8 Å². The van der Waals surface area contributed by atoms with E-state index in [1.54, 1.807) is 12.1 Å². The zero-order valence-electron chi connectivity index (χ0n) is 16.7. The Morgan fingerprint density at radius 3 is 1.96 bits per heavy atom. The predicted molar refractivity (Wildman–Crippen MR) is 107 cm³/mol. The van der Waals surface area contributed by atoms with Gasteiger partial charge in [-0.2, -0.15) is 0 Å². The number of allylic oxidation sites excluding steroid dienone is 2. The number of rotatable bonds is 12. The van der Waals surface area contributed by atoms with Gasteiger partial charge in [0, 0.05) is 12.6 Å². The van der Waals surface area contributed by atoms with E-state index in [-0.39, 0.29) is 22.7 Å². The number of hydrogen-bond donors (Lipinski definition) is 1. The molecule has 0 spiro atoms. The van der Waals surface area contributed by atoms with Gasteiger partial charge in [0.15, 0.2) is 5.78 Å². The maximum absolute atomic E-state index is 12.9. The third-order valence-electron chi connectivity index (χ3n) is 4.91. The van der Waals surface area contributed by atoms with Crippen molar-refractivity contribution in [3.8, 4) is 11.5 Å². The summed E-state index contributed by atoms with van der Waals surface area (Å²) in [5, 5.41) is 3.14. The molecule has 0 unspecified atom stereocenters. The second kappa shape index (κ2) is 10.8. The number of ketones is 2. The number of carbonyl (C=O) groups is 2. The number of nitrogens with one attached hydrogen (secondary N) is 1. The normalized spacial score (nSPS) is 13.2. The van der Waals surface area contributed by atoms with Gasteiger partial charge in [0.05, 0.1) is 31.0 Å². The van der Waals surface area contributed by atoms with Gasteiger partial charge in [0.2, 0.25) is 5.78 Å². The summed E-state index contributed by atoms with van der Waals surface area (Å²) in [6.45, 7) is 2.91. The van der Waals surface area contributed by atoms with Crippen molar-refractivity contribution in [3.05, 3.63) is 35.0 Å². The Bertz CT molecular complexity index is 694. The molecule has 5 heteroatoms. The molecular weight excluding hydrogens is 342 g/mol. The zero-order valence-corrected chi connectivity index (χ0v) is 16.7. The van der Waals surface area contributed by atoms with Crippen molar-refractivity contribution in [2.75, 3.05) is 20.8 Å². The molecule has 5 nitrogen and oxygen atoms in total. The summed E-state index contributed by atoms with van der Waals surface area (Å²) >= 11 is 0. The van der Waals surface area contributed by atoms with Crippen molar-refractivity contribution < 1.29 is 19.1 Å². The Morgan fingerprint density at radius 1 is 0.815 bits per heavy atom. The van der Waals surface area contributed by atoms with Crippen molar-refractivity contribution >= 4 is 11.6 Å². The first-order valence-electron chi connectivity index (χ1n) is 9.93. The van der Waals surface area contributed by atoms with E-state index in [4.69, 9.17) is 9.47 Å². The molecule has 0 saturated carbocycles. The number of carbonyl (C=O) groups excluding carboxylic acids is 2. The molecule has 27 heavy (non-hydrogen) atoms. The first-order chi connectivity index (χ1) is 13.1. The highest BCUT2D eigenvalue weighted by Gasteiger charge is 2.31. The number of hydrogen-bond acceptors (Lipinski definition) is 5. The van der Waals surface area contributed by atoms with Crippen LogP contribution in [-0.2, 0) is 0 Å². The fraction of sp³-hybridized carbons (Fsp3) is 0.545. The molecule has 0 radical (unpaired) electrons. The van der Waals surface area contributed by atoms with E-state index in [0.29, 0.717) is 23.7 Å². The lowest BCUT2D eigenvalue weighted by Crippen LogP contribution is -2.28. The Kier molecular flexibility index (Phi) is 8.37. The summed E-state index contributed by atoms with van der Waals surface area (Å²) in [5.41, 5.74) is 0.893. The standard InChI is InChI=1S/C22H31NO4/c1-4-5-6-7-8-9-10-11-14-23-16-15-17(24)20-18(26-2)12-13-19(27-3)21(20)22(16)25/h12-13,15,23H,4-11,14H2,1-3H3. The minimum Gasteiger partial charge on any atom is -0.496 e. The summed E-state index contributed by atoms with van der Waals surface area (Å²) in [6.07, 6.45) is 11.2. The molecule has 0 fully saturated rings. The minimum atomic E-state index is -0.237. The Morgan fingerprint density at radius 2 is 1.37 bits per heavy atom. The molecule has 0 aromatic heterocycles. The molecule has 0 bridgehead atoms. The topological polar surface area (TPSA) is 64.6 Å². The molecule has 1 N–H and O–H groups in total. The van der Waals surface area contributed by atoms with Crippen LogP contribution in [0.1, 0.15) is 79.0 Å². The van der Waals surface area contributed by atoms with Crippen LogP contribution in [0.5, 0.6) is 11.5 Å². The van der Waals surface area contributed by atoms with Gasteiger partial charge in [0.25, 0.3) is 0 Å². The van der Waals surface area contributed by atoms with Gasteiger partial charge >= 0.3 is 0 Å². The SMILES string of the molecule is CCCCCCCCCCNC1=CC(=O)c2c(OC)ccc(OC)c2C1=O. The Labute approximate surface area is 162 Å². The van der Waals surface area contributed by atoms with E-state index in [2.05, 4.69) is 12.2 Å². The number of methoxy groups -OCH3 is 2. The minimum absolute atomic E-state index is 0.222. The smallest absolute Gasteiger partial charge is 0.213 e.